The molecule has 3 aromatic heterocycles. The summed E-state index contributed by atoms with van der Waals surface area (Å²) in [5, 5.41) is 2.90. The molecule has 0 unspecified atom stereocenters. The molecule has 0 amide bonds. The van der Waals surface area contributed by atoms with Gasteiger partial charge in [-0.15, -0.1) is 22.7 Å². The second-order valence-electron chi connectivity index (χ2n) is 5.91. The third-order valence-corrected chi connectivity index (χ3v) is 6.17. The predicted molar refractivity (Wildman–Crippen MR) is 108 cm³/mol. The number of nitrogens with zero attached hydrogens (tertiary/aromatic N) is 2. The van der Waals surface area contributed by atoms with Crippen molar-refractivity contribution in [2.24, 2.45) is 0 Å². The lowest BCUT2D eigenvalue weighted by atomic mass is 10.2. The highest BCUT2D eigenvalue weighted by atomic mass is 32.1. The summed E-state index contributed by atoms with van der Waals surface area (Å²) in [6.45, 7) is 4.11. The Morgan fingerprint density at radius 3 is 2.70 bits per heavy atom. The molecule has 0 spiro atoms. The summed E-state index contributed by atoms with van der Waals surface area (Å²) in [6.07, 6.45) is 0. The van der Waals surface area contributed by atoms with Gasteiger partial charge in [0.2, 0.25) is 5.88 Å². The molecule has 4 aromatic rings. The minimum Gasteiger partial charge on any atom is -0.465 e. The lowest BCUT2D eigenvalue weighted by Crippen LogP contribution is -2.01. The second kappa shape index (κ2) is 7.09. The van der Waals surface area contributed by atoms with Crippen LogP contribution < -0.4 is 4.74 Å². The van der Waals surface area contributed by atoms with Crippen molar-refractivity contribution >= 4 is 38.9 Å². The summed E-state index contributed by atoms with van der Waals surface area (Å²) < 4.78 is 10.9. The first kappa shape index (κ1) is 17.6. The van der Waals surface area contributed by atoms with Crippen LogP contribution in [0, 0.1) is 13.8 Å². The molecule has 0 aliphatic carbocycles. The number of thiophene rings is 2. The quantitative estimate of drug-likeness (QED) is 0.419. The first-order valence-corrected chi connectivity index (χ1v) is 9.94. The standard InChI is InChI=1S/C20H16N2O3S2/c1-11-12(2)27-19-16(11)18(21-17(22-19)15-8-5-9-26-15)25-14-7-4-6-13(10-14)20(23)24-3/h4-10H,1-3H3. The number of aryl methyl sites for hydroxylation is 2. The number of hydrogen-bond donors (Lipinski definition) is 0. The summed E-state index contributed by atoms with van der Waals surface area (Å²) in [4.78, 5) is 24.2. The Hall–Kier alpha value is -2.77. The maximum atomic E-state index is 11.8. The van der Waals surface area contributed by atoms with E-state index < -0.39 is 5.97 Å². The highest BCUT2D eigenvalue weighted by Crippen LogP contribution is 2.38. The monoisotopic (exact) mass is 396 g/mol. The number of fused-ring (bicyclic) bond motifs is 1. The maximum absolute atomic E-state index is 11.8. The molecule has 0 aliphatic heterocycles. The summed E-state index contributed by atoms with van der Waals surface area (Å²) in [5.74, 6) is 1.25. The molecular weight excluding hydrogens is 380 g/mol. The maximum Gasteiger partial charge on any atom is 0.337 e. The number of carbonyl (C=O) groups excluding carboxylic acids is 1. The van der Waals surface area contributed by atoms with Gasteiger partial charge in [-0.25, -0.2) is 9.78 Å². The van der Waals surface area contributed by atoms with Gasteiger partial charge in [-0.1, -0.05) is 12.1 Å². The molecule has 0 aliphatic rings. The Morgan fingerprint density at radius 1 is 1.11 bits per heavy atom. The van der Waals surface area contributed by atoms with Crippen molar-refractivity contribution in [3.05, 3.63) is 57.8 Å². The number of carbonyl (C=O) groups is 1. The molecule has 0 N–H and O–H groups in total. The lowest BCUT2D eigenvalue weighted by Gasteiger charge is -2.09. The zero-order chi connectivity index (χ0) is 19.0. The van der Waals surface area contributed by atoms with Gasteiger partial charge >= 0.3 is 5.97 Å². The van der Waals surface area contributed by atoms with Crippen LogP contribution >= 0.6 is 22.7 Å². The number of ether oxygens (including phenoxy) is 2. The van der Waals surface area contributed by atoms with Crippen LogP contribution in [0.3, 0.4) is 0 Å². The Balaban J connectivity index is 1.84. The van der Waals surface area contributed by atoms with Crippen molar-refractivity contribution in [3.63, 3.8) is 0 Å². The molecule has 0 saturated heterocycles. The van der Waals surface area contributed by atoms with E-state index in [1.165, 1.54) is 12.0 Å². The smallest absolute Gasteiger partial charge is 0.337 e. The topological polar surface area (TPSA) is 61.3 Å². The number of methoxy groups -OCH3 is 1. The van der Waals surface area contributed by atoms with E-state index in [4.69, 9.17) is 14.5 Å². The molecule has 1 aromatic carbocycles. The molecule has 0 saturated carbocycles. The van der Waals surface area contributed by atoms with E-state index in [9.17, 15) is 4.79 Å². The minimum atomic E-state index is -0.407. The van der Waals surface area contributed by atoms with E-state index >= 15 is 0 Å². The minimum absolute atomic E-state index is 0.407. The molecule has 4 rings (SSSR count). The zero-order valence-corrected chi connectivity index (χ0v) is 16.6. The SMILES string of the molecule is COC(=O)c1cccc(Oc2nc(-c3cccs3)nc3sc(C)c(C)c23)c1. The van der Waals surface area contributed by atoms with Crippen molar-refractivity contribution in [2.75, 3.05) is 7.11 Å². The zero-order valence-electron chi connectivity index (χ0n) is 15.0. The van der Waals surface area contributed by atoms with Gasteiger partial charge in [-0.2, -0.15) is 4.98 Å². The van der Waals surface area contributed by atoms with Crippen molar-refractivity contribution in [1.82, 2.24) is 9.97 Å². The fourth-order valence-corrected chi connectivity index (χ4v) is 4.40. The first-order chi connectivity index (χ1) is 13.1. The molecule has 0 atom stereocenters. The molecule has 27 heavy (non-hydrogen) atoms. The van der Waals surface area contributed by atoms with Gasteiger partial charge in [-0.05, 0) is 49.1 Å². The number of hydrogen-bond acceptors (Lipinski definition) is 7. The molecule has 5 nitrogen and oxygen atoms in total. The van der Waals surface area contributed by atoms with Crippen LogP contribution in [-0.2, 0) is 4.74 Å². The van der Waals surface area contributed by atoms with Gasteiger partial charge in [0.1, 0.15) is 10.6 Å². The third kappa shape index (κ3) is 3.31. The molecule has 136 valence electrons. The third-order valence-electron chi connectivity index (χ3n) is 4.21. The van der Waals surface area contributed by atoms with E-state index in [2.05, 4.69) is 11.9 Å². The van der Waals surface area contributed by atoms with Crippen LogP contribution in [0.25, 0.3) is 20.9 Å². The highest BCUT2D eigenvalue weighted by Gasteiger charge is 2.18. The summed E-state index contributed by atoms with van der Waals surface area (Å²) in [7, 11) is 1.36. The van der Waals surface area contributed by atoms with Crippen LogP contribution in [0.5, 0.6) is 11.6 Å². The van der Waals surface area contributed by atoms with Crippen molar-refractivity contribution < 1.29 is 14.3 Å². The Kier molecular flexibility index (Phi) is 4.63. The van der Waals surface area contributed by atoms with Gasteiger partial charge in [-0.3, -0.25) is 0 Å². The van der Waals surface area contributed by atoms with E-state index in [0.29, 0.717) is 23.0 Å². The first-order valence-electron chi connectivity index (χ1n) is 8.24. The number of benzene rings is 1. The van der Waals surface area contributed by atoms with Gasteiger partial charge in [0, 0.05) is 4.88 Å². The molecule has 3 heterocycles. The lowest BCUT2D eigenvalue weighted by molar-refractivity contribution is 0.0600. The van der Waals surface area contributed by atoms with E-state index in [1.807, 2.05) is 24.4 Å². The van der Waals surface area contributed by atoms with E-state index in [-0.39, 0.29) is 0 Å². The molecule has 0 fully saturated rings. The molecule has 0 radical (unpaired) electrons. The van der Waals surface area contributed by atoms with Gasteiger partial charge in [0.25, 0.3) is 0 Å². The summed E-state index contributed by atoms with van der Waals surface area (Å²) in [5.41, 5.74) is 1.53. The number of rotatable bonds is 4. The number of aromatic nitrogens is 2. The average Bonchev–Trinajstić information content (AvgIpc) is 3.30. The fraction of sp³-hybridized carbons (Fsp3) is 0.150. The van der Waals surface area contributed by atoms with Crippen LogP contribution in [0.4, 0.5) is 0 Å². The van der Waals surface area contributed by atoms with Gasteiger partial charge in [0.15, 0.2) is 5.82 Å². The van der Waals surface area contributed by atoms with Crippen molar-refractivity contribution in [3.8, 4) is 22.3 Å². The van der Waals surface area contributed by atoms with Gasteiger partial charge in [0.05, 0.1) is 22.9 Å². The second-order valence-corrected chi connectivity index (χ2v) is 8.07. The van der Waals surface area contributed by atoms with E-state index in [1.54, 1.807) is 46.9 Å². The predicted octanol–water partition coefficient (Wildman–Crippen LogP) is 5.62. The van der Waals surface area contributed by atoms with Crippen molar-refractivity contribution in [1.29, 1.82) is 0 Å². The van der Waals surface area contributed by atoms with Crippen LogP contribution in [-0.4, -0.2) is 23.0 Å². The summed E-state index contributed by atoms with van der Waals surface area (Å²) in [6, 6.07) is 10.8. The normalized spacial score (nSPS) is 10.9. The Labute approximate surface area is 164 Å². The van der Waals surface area contributed by atoms with Crippen LogP contribution in [0.1, 0.15) is 20.8 Å². The van der Waals surface area contributed by atoms with Crippen LogP contribution in [0.2, 0.25) is 0 Å². The summed E-state index contributed by atoms with van der Waals surface area (Å²) >= 11 is 3.21. The molecule has 7 heteroatoms. The largest absolute Gasteiger partial charge is 0.465 e. The highest BCUT2D eigenvalue weighted by molar-refractivity contribution is 7.18. The Bertz CT molecular complexity index is 1130. The van der Waals surface area contributed by atoms with Crippen molar-refractivity contribution in [2.45, 2.75) is 13.8 Å². The van der Waals surface area contributed by atoms with Gasteiger partial charge < -0.3 is 9.47 Å². The fourth-order valence-electron chi connectivity index (χ4n) is 2.72. The average molecular weight is 396 g/mol. The Morgan fingerprint density at radius 2 is 1.96 bits per heavy atom. The molecule has 0 bridgehead atoms. The molecular formula is C20H16N2O3S2. The van der Waals surface area contributed by atoms with Crippen LogP contribution in [0.15, 0.2) is 41.8 Å². The van der Waals surface area contributed by atoms with E-state index in [0.717, 1.165) is 20.7 Å². The number of esters is 1.